The largest absolute Gasteiger partial charge is 0.274 e. The molecule has 2 rings (SSSR count). The van der Waals surface area contributed by atoms with Crippen LogP contribution >= 0.6 is 0 Å². The predicted octanol–water partition coefficient (Wildman–Crippen LogP) is 5.44. The van der Waals surface area contributed by atoms with Gasteiger partial charge < -0.3 is 0 Å². The zero-order valence-corrected chi connectivity index (χ0v) is 16.2. The van der Waals surface area contributed by atoms with Crippen LogP contribution in [-0.2, 0) is 9.59 Å². The van der Waals surface area contributed by atoms with E-state index in [2.05, 4.69) is 27.7 Å². The molecule has 4 unspecified atom stereocenters. The van der Waals surface area contributed by atoms with Crippen molar-refractivity contribution in [3.05, 3.63) is 30.3 Å². The van der Waals surface area contributed by atoms with Gasteiger partial charge >= 0.3 is 0 Å². The first kappa shape index (κ1) is 19.7. The van der Waals surface area contributed by atoms with Gasteiger partial charge in [-0.1, -0.05) is 71.6 Å². The van der Waals surface area contributed by atoms with Crippen LogP contribution in [0, 0.1) is 23.7 Å². The van der Waals surface area contributed by atoms with Crippen molar-refractivity contribution in [2.24, 2.45) is 23.7 Å². The minimum absolute atomic E-state index is 0.00755. The molecule has 0 aliphatic carbocycles. The molecule has 2 amide bonds. The Morgan fingerprint density at radius 2 is 1.28 bits per heavy atom. The van der Waals surface area contributed by atoms with Crippen LogP contribution in [0.2, 0.25) is 0 Å². The first-order chi connectivity index (χ1) is 12.0. The molecule has 138 valence electrons. The standard InChI is InChI=1S/C22H33NO2/c1-5-7-12-16(3)19-20(17(4)13-8-6-2)22(25)23(21(19)24)18-14-10-9-11-15-18/h9-11,14-17,19-20H,5-8,12-13H2,1-4H3. The van der Waals surface area contributed by atoms with Crippen molar-refractivity contribution in [2.75, 3.05) is 4.90 Å². The molecule has 1 aliphatic rings. The summed E-state index contributed by atoms with van der Waals surface area (Å²) in [7, 11) is 0. The minimum atomic E-state index is -0.175. The van der Waals surface area contributed by atoms with Gasteiger partial charge in [-0.15, -0.1) is 0 Å². The summed E-state index contributed by atoms with van der Waals surface area (Å²) in [5, 5.41) is 0. The van der Waals surface area contributed by atoms with Crippen LogP contribution in [0.3, 0.4) is 0 Å². The van der Waals surface area contributed by atoms with E-state index < -0.39 is 0 Å². The molecular weight excluding hydrogens is 310 g/mol. The number of benzene rings is 1. The molecule has 3 heteroatoms. The Kier molecular flexibility index (Phi) is 7.22. The fourth-order valence-corrected chi connectivity index (χ4v) is 4.15. The van der Waals surface area contributed by atoms with E-state index >= 15 is 0 Å². The molecule has 0 spiro atoms. The molecule has 1 aliphatic heterocycles. The van der Waals surface area contributed by atoms with E-state index in [0.717, 1.165) is 44.2 Å². The molecule has 0 N–H and O–H groups in total. The summed E-state index contributed by atoms with van der Waals surface area (Å²) in [6.45, 7) is 8.65. The fraction of sp³-hybridized carbons (Fsp3) is 0.636. The van der Waals surface area contributed by atoms with Crippen LogP contribution in [0.25, 0.3) is 0 Å². The third-order valence-electron chi connectivity index (χ3n) is 5.66. The molecule has 0 radical (unpaired) electrons. The van der Waals surface area contributed by atoms with Gasteiger partial charge in [0.1, 0.15) is 0 Å². The highest BCUT2D eigenvalue weighted by molar-refractivity contribution is 6.22. The molecular formula is C22H33NO2. The Bertz CT molecular complexity index is 537. The molecule has 0 saturated carbocycles. The average molecular weight is 344 g/mol. The van der Waals surface area contributed by atoms with E-state index in [1.165, 1.54) is 4.90 Å². The van der Waals surface area contributed by atoms with E-state index in [-0.39, 0.29) is 35.5 Å². The summed E-state index contributed by atoms with van der Waals surface area (Å²) < 4.78 is 0. The molecule has 1 heterocycles. The number of rotatable bonds is 9. The first-order valence-corrected chi connectivity index (χ1v) is 9.95. The maximum atomic E-state index is 13.2. The molecule has 4 atom stereocenters. The number of carbonyl (C=O) groups is 2. The summed E-state index contributed by atoms with van der Waals surface area (Å²) in [6.07, 6.45) is 6.50. The van der Waals surface area contributed by atoms with Crippen molar-refractivity contribution in [2.45, 2.75) is 66.2 Å². The minimum Gasteiger partial charge on any atom is -0.274 e. The third-order valence-corrected chi connectivity index (χ3v) is 5.66. The Morgan fingerprint density at radius 3 is 1.68 bits per heavy atom. The highest BCUT2D eigenvalue weighted by Gasteiger charge is 2.51. The van der Waals surface area contributed by atoms with Gasteiger partial charge in [-0.05, 0) is 36.8 Å². The number of imide groups is 1. The van der Waals surface area contributed by atoms with Crippen molar-refractivity contribution in [1.82, 2.24) is 0 Å². The highest BCUT2D eigenvalue weighted by Crippen LogP contribution is 2.42. The molecule has 3 nitrogen and oxygen atoms in total. The van der Waals surface area contributed by atoms with Crippen LogP contribution in [-0.4, -0.2) is 11.8 Å². The number of anilines is 1. The highest BCUT2D eigenvalue weighted by atomic mass is 16.2. The van der Waals surface area contributed by atoms with Gasteiger partial charge in [0, 0.05) is 0 Å². The molecule has 25 heavy (non-hydrogen) atoms. The lowest BCUT2D eigenvalue weighted by molar-refractivity contribution is -0.123. The average Bonchev–Trinajstić information content (AvgIpc) is 2.89. The van der Waals surface area contributed by atoms with E-state index in [0.29, 0.717) is 0 Å². The summed E-state index contributed by atoms with van der Waals surface area (Å²) in [5.41, 5.74) is 0.718. The van der Waals surface area contributed by atoms with Crippen LogP contribution in [0.1, 0.15) is 66.2 Å². The van der Waals surface area contributed by atoms with Gasteiger partial charge in [-0.3, -0.25) is 14.5 Å². The Hall–Kier alpha value is -1.64. The molecule has 1 aromatic rings. The Labute approximate surface area is 152 Å². The predicted molar refractivity (Wildman–Crippen MR) is 103 cm³/mol. The second kappa shape index (κ2) is 9.17. The zero-order chi connectivity index (χ0) is 18.4. The number of para-hydroxylation sites is 1. The smallest absolute Gasteiger partial charge is 0.237 e. The number of unbranched alkanes of at least 4 members (excludes halogenated alkanes) is 2. The lowest BCUT2D eigenvalue weighted by Gasteiger charge is -2.26. The van der Waals surface area contributed by atoms with Crippen molar-refractivity contribution in [1.29, 1.82) is 0 Å². The summed E-state index contributed by atoms with van der Waals surface area (Å²) >= 11 is 0. The SMILES string of the molecule is CCCCC(C)C1C(=O)N(c2ccccc2)C(=O)C1C(C)CCCC. The van der Waals surface area contributed by atoms with Gasteiger partial charge in [0.15, 0.2) is 0 Å². The third kappa shape index (κ3) is 4.31. The quantitative estimate of drug-likeness (QED) is 0.559. The topological polar surface area (TPSA) is 37.4 Å². The monoisotopic (exact) mass is 343 g/mol. The summed E-state index contributed by atoms with van der Waals surface area (Å²) in [4.78, 5) is 27.9. The van der Waals surface area contributed by atoms with E-state index in [9.17, 15) is 9.59 Å². The first-order valence-electron chi connectivity index (χ1n) is 9.95. The Balaban J connectivity index is 2.31. The summed E-state index contributed by atoms with van der Waals surface area (Å²) in [5.74, 6) is 0.164. The molecule has 1 aromatic carbocycles. The molecule has 0 aromatic heterocycles. The van der Waals surface area contributed by atoms with Crippen molar-refractivity contribution >= 4 is 17.5 Å². The number of nitrogens with zero attached hydrogens (tertiary/aromatic N) is 1. The number of amides is 2. The lowest BCUT2D eigenvalue weighted by atomic mass is 9.74. The fourth-order valence-electron chi connectivity index (χ4n) is 4.15. The van der Waals surface area contributed by atoms with Crippen molar-refractivity contribution < 1.29 is 9.59 Å². The maximum Gasteiger partial charge on any atom is 0.237 e. The molecule has 1 saturated heterocycles. The van der Waals surface area contributed by atoms with Gasteiger partial charge in [0.25, 0.3) is 0 Å². The lowest BCUT2D eigenvalue weighted by Crippen LogP contribution is -2.32. The van der Waals surface area contributed by atoms with Crippen LogP contribution in [0.15, 0.2) is 30.3 Å². The maximum absolute atomic E-state index is 13.2. The van der Waals surface area contributed by atoms with Gasteiger partial charge in [-0.2, -0.15) is 0 Å². The number of hydrogen-bond donors (Lipinski definition) is 0. The van der Waals surface area contributed by atoms with E-state index in [1.807, 2.05) is 30.3 Å². The van der Waals surface area contributed by atoms with E-state index in [1.54, 1.807) is 0 Å². The van der Waals surface area contributed by atoms with Crippen LogP contribution in [0.5, 0.6) is 0 Å². The second-order valence-corrected chi connectivity index (χ2v) is 7.64. The Morgan fingerprint density at radius 1 is 0.840 bits per heavy atom. The van der Waals surface area contributed by atoms with Gasteiger partial charge in [0.2, 0.25) is 11.8 Å². The van der Waals surface area contributed by atoms with Crippen LogP contribution < -0.4 is 4.90 Å². The molecule has 0 bridgehead atoms. The van der Waals surface area contributed by atoms with Crippen molar-refractivity contribution in [3.63, 3.8) is 0 Å². The summed E-state index contributed by atoms with van der Waals surface area (Å²) in [6, 6.07) is 9.42. The second-order valence-electron chi connectivity index (χ2n) is 7.64. The number of carbonyl (C=O) groups excluding carboxylic acids is 2. The zero-order valence-electron chi connectivity index (χ0n) is 16.2. The number of hydrogen-bond acceptors (Lipinski definition) is 2. The van der Waals surface area contributed by atoms with Crippen molar-refractivity contribution in [3.8, 4) is 0 Å². The van der Waals surface area contributed by atoms with E-state index in [4.69, 9.17) is 0 Å². The molecule has 1 fully saturated rings. The normalized spacial score (nSPS) is 23.1. The van der Waals surface area contributed by atoms with Gasteiger partial charge in [0.05, 0.1) is 17.5 Å². The van der Waals surface area contributed by atoms with Gasteiger partial charge in [-0.25, -0.2) is 0 Å². The van der Waals surface area contributed by atoms with Crippen LogP contribution in [0.4, 0.5) is 5.69 Å².